The molecule has 2 N–H and O–H groups in total. The van der Waals surface area contributed by atoms with Crippen molar-refractivity contribution < 1.29 is 28.3 Å². The van der Waals surface area contributed by atoms with Crippen LogP contribution in [0.5, 0.6) is 5.75 Å². The molecule has 0 bridgehead atoms. The summed E-state index contributed by atoms with van der Waals surface area (Å²) in [4.78, 5) is 28.4. The number of phenols is 1. The normalized spacial score (nSPS) is 11.1. The van der Waals surface area contributed by atoms with E-state index in [2.05, 4.69) is 0 Å². The molecule has 0 atom stereocenters. The van der Waals surface area contributed by atoms with Crippen molar-refractivity contribution in [3.05, 3.63) is 72.3 Å². The average molecular weight is 412 g/mol. The summed E-state index contributed by atoms with van der Waals surface area (Å²) in [5, 5.41) is 42.4. The van der Waals surface area contributed by atoms with Crippen LogP contribution in [-0.2, 0) is 16.4 Å². The van der Waals surface area contributed by atoms with Crippen molar-refractivity contribution in [2.24, 2.45) is 0 Å². The molecule has 148 valence electrons. The van der Waals surface area contributed by atoms with Crippen molar-refractivity contribution in [1.29, 1.82) is 0 Å². The molecule has 0 aliphatic heterocycles. The molecule has 13 nitrogen and oxygen atoms in total. The van der Waals surface area contributed by atoms with Gasteiger partial charge >= 0.3 is 11.4 Å². The Labute approximate surface area is 156 Å². The monoisotopic (exact) mass is 412 g/mol. The Morgan fingerprint density at radius 3 is 1.82 bits per heavy atom. The van der Waals surface area contributed by atoms with Crippen molar-refractivity contribution in [2.45, 2.75) is 11.3 Å². The predicted molar refractivity (Wildman–Crippen MR) is 93.4 cm³/mol. The van der Waals surface area contributed by atoms with Crippen molar-refractivity contribution in [2.75, 3.05) is 6.54 Å². The second kappa shape index (κ2) is 7.93. The first-order valence-electron chi connectivity index (χ1n) is 7.41. The highest BCUT2D eigenvalue weighted by atomic mass is 32.2. The maximum Gasteiger partial charge on any atom is 0.303 e. The van der Waals surface area contributed by atoms with Gasteiger partial charge in [0.25, 0.3) is 15.7 Å². The van der Waals surface area contributed by atoms with Gasteiger partial charge in [0.1, 0.15) is 5.75 Å². The minimum Gasteiger partial charge on any atom is -0.508 e. The van der Waals surface area contributed by atoms with Crippen LogP contribution in [0.4, 0.5) is 17.1 Å². The minimum atomic E-state index is -4.74. The highest BCUT2D eigenvalue weighted by Gasteiger charge is 2.38. The van der Waals surface area contributed by atoms with Crippen LogP contribution in [0.2, 0.25) is 0 Å². The van der Waals surface area contributed by atoms with Crippen LogP contribution < -0.4 is 4.72 Å². The van der Waals surface area contributed by atoms with E-state index in [9.17, 15) is 43.9 Å². The number of benzene rings is 2. The summed E-state index contributed by atoms with van der Waals surface area (Å²) < 4.78 is 27.0. The van der Waals surface area contributed by atoms with Crippen LogP contribution in [0.1, 0.15) is 5.56 Å². The topological polar surface area (TPSA) is 196 Å². The molecule has 0 radical (unpaired) electrons. The third-order valence-corrected chi connectivity index (χ3v) is 5.09. The van der Waals surface area contributed by atoms with E-state index in [1.54, 1.807) is 0 Å². The Hall–Kier alpha value is -3.65. The van der Waals surface area contributed by atoms with E-state index < -0.39 is 46.8 Å². The summed E-state index contributed by atoms with van der Waals surface area (Å²) in [6.07, 6.45) is 0.119. The Kier molecular flexibility index (Phi) is 5.85. The molecule has 28 heavy (non-hydrogen) atoms. The van der Waals surface area contributed by atoms with Gasteiger partial charge in [-0.3, -0.25) is 30.3 Å². The lowest BCUT2D eigenvalue weighted by molar-refractivity contribution is -0.407. The molecular weight excluding hydrogens is 400 g/mol. The van der Waals surface area contributed by atoms with Crippen molar-refractivity contribution in [3.8, 4) is 5.75 Å². The molecule has 0 aliphatic rings. The molecule has 14 heteroatoms. The molecule has 0 amide bonds. The van der Waals surface area contributed by atoms with Gasteiger partial charge in [-0.25, -0.2) is 13.1 Å². The van der Waals surface area contributed by atoms with Crippen LogP contribution in [0, 0.1) is 30.3 Å². The van der Waals surface area contributed by atoms with E-state index in [1.807, 2.05) is 4.72 Å². The van der Waals surface area contributed by atoms with Crippen LogP contribution in [0.25, 0.3) is 0 Å². The van der Waals surface area contributed by atoms with Gasteiger partial charge in [0, 0.05) is 6.54 Å². The molecule has 0 saturated heterocycles. The molecule has 2 aromatic rings. The van der Waals surface area contributed by atoms with E-state index in [-0.39, 0.29) is 18.7 Å². The zero-order valence-electron chi connectivity index (χ0n) is 13.8. The first-order chi connectivity index (χ1) is 13.0. The lowest BCUT2D eigenvalue weighted by Crippen LogP contribution is -2.27. The summed E-state index contributed by atoms with van der Waals surface area (Å²) in [5.41, 5.74) is -2.93. The zero-order valence-corrected chi connectivity index (χ0v) is 14.7. The molecule has 0 fully saturated rings. The summed E-state index contributed by atoms with van der Waals surface area (Å²) >= 11 is 0. The van der Waals surface area contributed by atoms with Crippen LogP contribution >= 0.6 is 0 Å². The van der Waals surface area contributed by atoms with Gasteiger partial charge in [-0.1, -0.05) is 12.1 Å². The molecule has 0 saturated carbocycles. The molecular formula is C14H12N4O9S. The molecule has 0 unspecified atom stereocenters. The SMILES string of the molecule is O=[N+]([O-])c1cc([N+](=O)[O-])c(S(=O)(=O)NCCc2ccc(O)cc2)c([N+](=O)[O-])c1. The maximum atomic E-state index is 12.5. The second-order valence-corrected chi connectivity index (χ2v) is 7.10. The van der Waals surface area contributed by atoms with Crippen molar-refractivity contribution >= 4 is 27.1 Å². The van der Waals surface area contributed by atoms with Crippen molar-refractivity contribution in [1.82, 2.24) is 4.72 Å². The minimum absolute atomic E-state index is 0.00135. The molecule has 2 rings (SSSR count). The number of rotatable bonds is 8. The third kappa shape index (κ3) is 4.54. The second-order valence-electron chi connectivity index (χ2n) is 5.40. The number of hydrogen-bond donors (Lipinski definition) is 2. The van der Waals surface area contributed by atoms with E-state index in [0.29, 0.717) is 17.7 Å². The fraction of sp³-hybridized carbons (Fsp3) is 0.143. The number of nitrogens with one attached hydrogen (secondary N) is 1. The molecule has 0 aliphatic carbocycles. The standard InChI is InChI=1S/C14H12N4O9S/c19-11-3-1-9(2-4-11)5-6-15-28(26,27)14-12(17(22)23)7-10(16(20)21)8-13(14)18(24)25/h1-4,7-8,15,19H,5-6H2. The smallest absolute Gasteiger partial charge is 0.303 e. The summed E-state index contributed by atoms with van der Waals surface area (Å²) in [7, 11) is -4.74. The van der Waals surface area contributed by atoms with Gasteiger partial charge in [0.2, 0.25) is 4.90 Å². The lowest BCUT2D eigenvalue weighted by atomic mass is 10.1. The number of nitro groups is 3. The largest absolute Gasteiger partial charge is 0.508 e. The summed E-state index contributed by atoms with van der Waals surface area (Å²) in [6, 6.07) is 6.47. The maximum absolute atomic E-state index is 12.5. The number of nitrogens with zero attached hydrogens (tertiary/aromatic N) is 3. The predicted octanol–water partition coefficient (Wildman–Crippen LogP) is 1.64. The number of aromatic hydroxyl groups is 1. The Bertz CT molecular complexity index is 1020. The quantitative estimate of drug-likeness (QED) is 0.478. The van der Waals surface area contributed by atoms with E-state index >= 15 is 0 Å². The molecule has 0 heterocycles. The number of non-ortho nitro benzene ring substituents is 1. The van der Waals surface area contributed by atoms with Gasteiger partial charge in [-0.15, -0.1) is 0 Å². The first kappa shape index (κ1) is 20.7. The fourth-order valence-electron chi connectivity index (χ4n) is 2.30. The highest BCUT2D eigenvalue weighted by Crippen LogP contribution is 2.36. The van der Waals surface area contributed by atoms with Gasteiger partial charge in [0.05, 0.1) is 26.9 Å². The van der Waals surface area contributed by atoms with Gasteiger partial charge in [-0.2, -0.15) is 0 Å². The zero-order chi connectivity index (χ0) is 21.1. The number of sulfonamides is 1. The van der Waals surface area contributed by atoms with E-state index in [1.165, 1.54) is 24.3 Å². The summed E-state index contributed by atoms with van der Waals surface area (Å²) in [5.74, 6) is 0.00135. The van der Waals surface area contributed by atoms with Gasteiger partial charge < -0.3 is 5.11 Å². The Morgan fingerprint density at radius 1 is 0.893 bits per heavy atom. The molecule has 0 spiro atoms. The van der Waals surface area contributed by atoms with Gasteiger partial charge in [0.15, 0.2) is 0 Å². The fourth-order valence-corrected chi connectivity index (χ4v) is 3.63. The van der Waals surface area contributed by atoms with Gasteiger partial charge in [-0.05, 0) is 24.1 Å². The molecule has 2 aromatic carbocycles. The number of nitro benzene ring substituents is 3. The van der Waals surface area contributed by atoms with Crippen LogP contribution in [-0.4, -0.2) is 34.8 Å². The lowest BCUT2D eigenvalue weighted by Gasteiger charge is -2.08. The van der Waals surface area contributed by atoms with Crippen molar-refractivity contribution in [3.63, 3.8) is 0 Å². The Balaban J connectivity index is 2.42. The highest BCUT2D eigenvalue weighted by molar-refractivity contribution is 7.89. The van der Waals surface area contributed by atoms with E-state index in [0.717, 1.165) is 0 Å². The summed E-state index contributed by atoms with van der Waals surface area (Å²) in [6.45, 7) is -0.265. The van der Waals surface area contributed by atoms with Crippen LogP contribution in [0.3, 0.4) is 0 Å². The van der Waals surface area contributed by atoms with E-state index in [4.69, 9.17) is 0 Å². The van der Waals surface area contributed by atoms with Crippen LogP contribution in [0.15, 0.2) is 41.3 Å². The number of phenolic OH excluding ortho intramolecular Hbond substituents is 1. The average Bonchev–Trinajstić information content (AvgIpc) is 2.61. The Morgan fingerprint density at radius 2 is 1.39 bits per heavy atom. The number of hydrogen-bond acceptors (Lipinski definition) is 9. The third-order valence-electron chi connectivity index (χ3n) is 3.55. The molecule has 0 aromatic heterocycles. The first-order valence-corrected chi connectivity index (χ1v) is 8.90.